The van der Waals surface area contributed by atoms with Crippen molar-refractivity contribution < 1.29 is 4.79 Å². The number of aromatic nitrogens is 1. The zero-order valence-corrected chi connectivity index (χ0v) is 14.6. The van der Waals surface area contributed by atoms with Gasteiger partial charge in [0.1, 0.15) is 0 Å². The van der Waals surface area contributed by atoms with Crippen LogP contribution in [0.3, 0.4) is 0 Å². The molecule has 2 heterocycles. The molecule has 0 unspecified atom stereocenters. The predicted octanol–water partition coefficient (Wildman–Crippen LogP) is 3.56. The molecule has 1 fully saturated rings. The molecule has 1 amide bonds. The van der Waals surface area contributed by atoms with Gasteiger partial charge in [-0.05, 0) is 57.1 Å². The number of rotatable bonds is 4. The number of nitrogens with one attached hydrogen (secondary N) is 3. The molecule has 1 aliphatic heterocycles. The molecule has 0 atom stereocenters. The lowest BCUT2D eigenvalue weighted by Crippen LogP contribution is -2.34. The van der Waals surface area contributed by atoms with E-state index in [1.165, 1.54) is 0 Å². The standard InChI is InChI=1S/C16H20N4OS.ClH/c1-11-10-22-16(18-11)20-14-4-2-13(3-5-14)19-15(21)12-6-8-17-9-7-12;/h2-5,10,12,17H,6-9H2,1H3,(H,18,20)(H,19,21);1H. The van der Waals surface area contributed by atoms with Crippen molar-refractivity contribution in [1.82, 2.24) is 10.3 Å². The minimum atomic E-state index is 0. The van der Waals surface area contributed by atoms with Crippen LogP contribution in [0.5, 0.6) is 0 Å². The molecule has 0 bridgehead atoms. The van der Waals surface area contributed by atoms with E-state index in [9.17, 15) is 4.79 Å². The highest BCUT2D eigenvalue weighted by atomic mass is 35.5. The maximum Gasteiger partial charge on any atom is 0.227 e. The van der Waals surface area contributed by atoms with Gasteiger partial charge in [-0.15, -0.1) is 23.7 Å². The van der Waals surface area contributed by atoms with Crippen LogP contribution in [-0.2, 0) is 4.79 Å². The molecular weight excluding hydrogens is 332 g/mol. The molecule has 1 aliphatic rings. The van der Waals surface area contributed by atoms with E-state index >= 15 is 0 Å². The number of halogens is 1. The average molecular weight is 353 g/mol. The maximum atomic E-state index is 12.2. The van der Waals surface area contributed by atoms with E-state index in [1.54, 1.807) is 11.3 Å². The lowest BCUT2D eigenvalue weighted by Gasteiger charge is -2.21. The smallest absolute Gasteiger partial charge is 0.227 e. The third-order valence-electron chi connectivity index (χ3n) is 3.73. The molecule has 0 saturated carbocycles. The number of benzene rings is 1. The number of hydrogen-bond acceptors (Lipinski definition) is 5. The Balaban J connectivity index is 0.00000192. The van der Waals surface area contributed by atoms with E-state index in [0.29, 0.717) is 0 Å². The number of amides is 1. The first-order chi connectivity index (χ1) is 10.7. The van der Waals surface area contributed by atoms with Crippen LogP contribution < -0.4 is 16.0 Å². The van der Waals surface area contributed by atoms with Gasteiger partial charge in [-0.1, -0.05) is 0 Å². The summed E-state index contributed by atoms with van der Waals surface area (Å²) in [7, 11) is 0. The number of carbonyl (C=O) groups excluding carboxylic acids is 1. The van der Waals surface area contributed by atoms with Crippen molar-refractivity contribution in [2.24, 2.45) is 5.92 Å². The second-order valence-corrected chi connectivity index (χ2v) is 6.37. The average Bonchev–Trinajstić information content (AvgIpc) is 2.95. The largest absolute Gasteiger partial charge is 0.332 e. The van der Waals surface area contributed by atoms with Gasteiger partial charge in [-0.3, -0.25) is 4.79 Å². The third-order valence-corrected chi connectivity index (χ3v) is 4.61. The Kier molecular flexibility index (Phi) is 6.38. The Labute approximate surface area is 146 Å². The summed E-state index contributed by atoms with van der Waals surface area (Å²) in [5, 5.41) is 12.4. The SMILES string of the molecule is Cc1csc(Nc2ccc(NC(=O)C3CCNCC3)cc2)n1.Cl. The van der Waals surface area contributed by atoms with Crippen LogP contribution in [0, 0.1) is 12.8 Å². The van der Waals surface area contributed by atoms with Crippen molar-refractivity contribution in [3.8, 4) is 0 Å². The summed E-state index contributed by atoms with van der Waals surface area (Å²) in [6.07, 6.45) is 1.82. The van der Waals surface area contributed by atoms with E-state index in [-0.39, 0.29) is 24.2 Å². The summed E-state index contributed by atoms with van der Waals surface area (Å²) in [5.74, 6) is 0.245. The molecule has 7 heteroatoms. The van der Waals surface area contributed by atoms with Crippen molar-refractivity contribution >= 4 is 46.2 Å². The Morgan fingerprint density at radius 3 is 2.48 bits per heavy atom. The second-order valence-electron chi connectivity index (χ2n) is 5.51. The second kappa shape index (κ2) is 8.29. The first-order valence-electron chi connectivity index (χ1n) is 7.51. The molecule has 23 heavy (non-hydrogen) atoms. The van der Waals surface area contributed by atoms with Crippen molar-refractivity contribution in [2.45, 2.75) is 19.8 Å². The number of nitrogens with zero attached hydrogens (tertiary/aromatic N) is 1. The molecule has 0 spiro atoms. The number of carbonyl (C=O) groups is 1. The van der Waals surface area contributed by atoms with Crippen molar-refractivity contribution in [3.05, 3.63) is 35.3 Å². The van der Waals surface area contributed by atoms with E-state index < -0.39 is 0 Å². The summed E-state index contributed by atoms with van der Waals surface area (Å²) >= 11 is 1.58. The lowest BCUT2D eigenvalue weighted by molar-refractivity contribution is -0.120. The quantitative estimate of drug-likeness (QED) is 0.787. The summed E-state index contributed by atoms with van der Waals surface area (Å²) < 4.78 is 0. The van der Waals surface area contributed by atoms with Gasteiger partial charge < -0.3 is 16.0 Å². The fraction of sp³-hybridized carbons (Fsp3) is 0.375. The summed E-state index contributed by atoms with van der Waals surface area (Å²) in [5.41, 5.74) is 2.82. The van der Waals surface area contributed by atoms with Gasteiger partial charge in [0, 0.05) is 22.7 Å². The van der Waals surface area contributed by atoms with E-state index in [4.69, 9.17) is 0 Å². The maximum absolute atomic E-state index is 12.2. The zero-order chi connectivity index (χ0) is 15.4. The van der Waals surface area contributed by atoms with Crippen LogP contribution in [0.4, 0.5) is 16.5 Å². The molecule has 0 radical (unpaired) electrons. The minimum Gasteiger partial charge on any atom is -0.332 e. The van der Waals surface area contributed by atoms with Gasteiger partial charge in [-0.2, -0.15) is 0 Å². The van der Waals surface area contributed by atoms with Crippen LogP contribution >= 0.6 is 23.7 Å². The van der Waals surface area contributed by atoms with Crippen LogP contribution in [0.1, 0.15) is 18.5 Å². The van der Waals surface area contributed by atoms with E-state index in [1.807, 2.05) is 36.6 Å². The van der Waals surface area contributed by atoms with Crippen molar-refractivity contribution in [3.63, 3.8) is 0 Å². The molecular formula is C16H21ClN4OS. The highest BCUT2D eigenvalue weighted by Gasteiger charge is 2.20. The first-order valence-corrected chi connectivity index (χ1v) is 8.39. The molecule has 124 valence electrons. The molecule has 1 saturated heterocycles. The molecule has 1 aromatic heterocycles. The lowest BCUT2D eigenvalue weighted by atomic mass is 9.97. The van der Waals surface area contributed by atoms with Gasteiger partial charge in [0.25, 0.3) is 0 Å². The fourth-order valence-corrected chi connectivity index (χ4v) is 3.21. The van der Waals surface area contributed by atoms with Gasteiger partial charge in [0.05, 0.1) is 5.69 Å². The number of anilines is 3. The highest BCUT2D eigenvalue weighted by Crippen LogP contribution is 2.22. The Hall–Kier alpha value is -1.63. The Morgan fingerprint density at radius 1 is 1.22 bits per heavy atom. The summed E-state index contributed by atoms with van der Waals surface area (Å²) in [4.78, 5) is 16.6. The highest BCUT2D eigenvalue weighted by molar-refractivity contribution is 7.13. The van der Waals surface area contributed by atoms with Gasteiger partial charge in [-0.25, -0.2) is 4.98 Å². The van der Waals surface area contributed by atoms with Gasteiger partial charge in [0.15, 0.2) is 5.13 Å². The van der Waals surface area contributed by atoms with Crippen molar-refractivity contribution in [2.75, 3.05) is 23.7 Å². The Morgan fingerprint density at radius 2 is 1.87 bits per heavy atom. The van der Waals surface area contributed by atoms with Crippen LogP contribution in [0.25, 0.3) is 0 Å². The van der Waals surface area contributed by atoms with Crippen LogP contribution in [0.2, 0.25) is 0 Å². The zero-order valence-electron chi connectivity index (χ0n) is 13.0. The number of hydrogen-bond donors (Lipinski definition) is 3. The molecule has 5 nitrogen and oxygen atoms in total. The molecule has 3 N–H and O–H groups in total. The minimum absolute atomic E-state index is 0. The normalized spacial score (nSPS) is 14.8. The predicted molar refractivity (Wildman–Crippen MR) is 98.0 cm³/mol. The number of thiazole rings is 1. The Bertz CT molecular complexity index is 638. The topological polar surface area (TPSA) is 66.0 Å². The number of aryl methyl sites for hydroxylation is 1. The van der Waals surface area contributed by atoms with Crippen molar-refractivity contribution in [1.29, 1.82) is 0 Å². The molecule has 1 aromatic carbocycles. The summed E-state index contributed by atoms with van der Waals surface area (Å²) in [6, 6.07) is 7.74. The van der Waals surface area contributed by atoms with Gasteiger partial charge >= 0.3 is 0 Å². The summed E-state index contributed by atoms with van der Waals surface area (Å²) in [6.45, 7) is 3.82. The first kappa shape index (κ1) is 17.7. The monoisotopic (exact) mass is 352 g/mol. The third kappa shape index (κ3) is 4.92. The van der Waals surface area contributed by atoms with E-state index in [2.05, 4.69) is 20.9 Å². The van der Waals surface area contributed by atoms with E-state index in [0.717, 1.165) is 48.1 Å². The van der Waals surface area contributed by atoms with Crippen LogP contribution in [0.15, 0.2) is 29.6 Å². The molecule has 0 aliphatic carbocycles. The molecule has 2 aromatic rings. The van der Waals surface area contributed by atoms with Crippen LogP contribution in [-0.4, -0.2) is 24.0 Å². The fourth-order valence-electron chi connectivity index (χ4n) is 2.50. The van der Waals surface area contributed by atoms with Gasteiger partial charge in [0.2, 0.25) is 5.91 Å². The molecule has 3 rings (SSSR count). The number of piperidine rings is 1.